The number of halogens is 1. The van der Waals surface area contributed by atoms with Gasteiger partial charge >= 0.3 is 0 Å². The zero-order valence-electron chi connectivity index (χ0n) is 18.1. The summed E-state index contributed by atoms with van der Waals surface area (Å²) in [5.41, 5.74) is 3.57. The average molecular weight is 459 g/mol. The number of hydrogen-bond donors (Lipinski definition) is 2. The molecule has 0 aromatic heterocycles. The maximum atomic E-state index is 13.1. The van der Waals surface area contributed by atoms with Crippen LogP contribution in [0.3, 0.4) is 0 Å². The van der Waals surface area contributed by atoms with Gasteiger partial charge in [-0.3, -0.25) is 10.2 Å². The number of nitrogens with zero attached hydrogens (tertiary/aromatic N) is 1. The molecule has 156 valence electrons. The largest absolute Gasteiger partial charge is 0.507 e. The van der Waals surface area contributed by atoms with Gasteiger partial charge in [-0.2, -0.15) is 0 Å². The minimum atomic E-state index is -0.281. The first kappa shape index (κ1) is 23.1. The van der Waals surface area contributed by atoms with E-state index in [-0.39, 0.29) is 45.9 Å². The van der Waals surface area contributed by atoms with E-state index in [4.69, 9.17) is 5.41 Å². The molecule has 0 spiro atoms. The normalized spacial score (nSPS) is 13.9. The van der Waals surface area contributed by atoms with Crippen molar-refractivity contribution in [1.82, 2.24) is 4.90 Å². The number of hydrogen-bond acceptors (Lipinski definition) is 3. The van der Waals surface area contributed by atoms with E-state index in [1.54, 1.807) is 0 Å². The standard InChI is InChI=1S/C24H30N2O2.BrH/c1-23(2,3)18-11-16(12-19(21(18)28)24(4,5)6)20(27)14-26-13-15-9-7-8-10-17(15)22(26)25;/h7-12,25,28H,13-14H2,1-6H3;1H. The monoisotopic (exact) mass is 458 g/mol. The van der Waals surface area contributed by atoms with Gasteiger partial charge in [-0.25, -0.2) is 0 Å². The van der Waals surface area contributed by atoms with Crippen LogP contribution in [-0.2, 0) is 17.4 Å². The van der Waals surface area contributed by atoms with Gasteiger partial charge in [0.1, 0.15) is 11.6 Å². The van der Waals surface area contributed by atoms with E-state index in [9.17, 15) is 9.90 Å². The van der Waals surface area contributed by atoms with Gasteiger partial charge in [0.15, 0.2) is 5.78 Å². The Balaban J connectivity index is 0.00000300. The number of ketones is 1. The predicted octanol–water partition coefficient (Wildman–Crippen LogP) is 5.59. The number of nitrogens with one attached hydrogen (secondary N) is 1. The highest BCUT2D eigenvalue weighted by Crippen LogP contribution is 2.40. The van der Waals surface area contributed by atoms with Gasteiger partial charge in [0.05, 0.1) is 6.54 Å². The second kappa shape index (κ2) is 7.94. The molecule has 1 aliphatic heterocycles. The van der Waals surface area contributed by atoms with E-state index >= 15 is 0 Å². The third kappa shape index (κ3) is 4.55. The third-order valence-corrected chi connectivity index (χ3v) is 5.33. The quantitative estimate of drug-likeness (QED) is 0.589. The molecule has 1 heterocycles. The zero-order chi connectivity index (χ0) is 20.9. The smallest absolute Gasteiger partial charge is 0.182 e. The summed E-state index contributed by atoms with van der Waals surface area (Å²) in [6.45, 7) is 13.0. The van der Waals surface area contributed by atoms with Crippen molar-refractivity contribution < 1.29 is 9.90 Å². The van der Waals surface area contributed by atoms with Gasteiger partial charge in [0, 0.05) is 28.8 Å². The van der Waals surface area contributed by atoms with Crippen LogP contribution in [0.15, 0.2) is 36.4 Å². The highest BCUT2D eigenvalue weighted by atomic mass is 79.9. The lowest BCUT2D eigenvalue weighted by atomic mass is 9.78. The minimum absolute atomic E-state index is 0. The lowest BCUT2D eigenvalue weighted by molar-refractivity contribution is 0.0962. The highest BCUT2D eigenvalue weighted by Gasteiger charge is 2.30. The summed E-state index contributed by atoms with van der Waals surface area (Å²) in [6.07, 6.45) is 0. The Labute approximate surface area is 184 Å². The van der Waals surface area contributed by atoms with E-state index in [0.717, 1.165) is 22.3 Å². The number of benzene rings is 2. The van der Waals surface area contributed by atoms with Crippen LogP contribution in [-0.4, -0.2) is 28.2 Å². The number of Topliss-reactive ketones (excluding diaryl/α,β-unsaturated/α-hetero) is 1. The van der Waals surface area contributed by atoms with Gasteiger partial charge in [-0.1, -0.05) is 65.8 Å². The summed E-state index contributed by atoms with van der Waals surface area (Å²) in [5.74, 6) is 0.640. The summed E-state index contributed by atoms with van der Waals surface area (Å²) in [5, 5.41) is 19.2. The van der Waals surface area contributed by atoms with Gasteiger partial charge in [0.2, 0.25) is 0 Å². The van der Waals surface area contributed by atoms with E-state index in [2.05, 4.69) is 0 Å². The molecule has 2 N–H and O–H groups in total. The topological polar surface area (TPSA) is 64.4 Å². The molecule has 0 unspecified atom stereocenters. The average Bonchev–Trinajstić information content (AvgIpc) is 2.89. The Bertz CT molecular complexity index is 917. The van der Waals surface area contributed by atoms with Crippen molar-refractivity contribution >= 4 is 28.6 Å². The fraction of sp³-hybridized carbons (Fsp3) is 0.417. The second-order valence-corrected chi connectivity index (χ2v) is 9.70. The first-order valence-corrected chi connectivity index (χ1v) is 9.72. The molecule has 3 rings (SSSR count). The maximum Gasteiger partial charge on any atom is 0.182 e. The molecule has 1 aliphatic rings. The Morgan fingerprint density at radius 2 is 1.55 bits per heavy atom. The number of carbonyl (C=O) groups excluding carboxylic acids is 1. The van der Waals surface area contributed by atoms with Crippen LogP contribution in [0.5, 0.6) is 5.75 Å². The molecule has 0 saturated heterocycles. The molecule has 4 nitrogen and oxygen atoms in total. The highest BCUT2D eigenvalue weighted by molar-refractivity contribution is 8.93. The molecule has 29 heavy (non-hydrogen) atoms. The summed E-state index contributed by atoms with van der Waals surface area (Å²) in [7, 11) is 0. The Kier molecular flexibility index (Phi) is 6.34. The van der Waals surface area contributed by atoms with Crippen LogP contribution in [0.1, 0.15) is 74.2 Å². The van der Waals surface area contributed by atoms with E-state index in [1.165, 1.54) is 0 Å². The van der Waals surface area contributed by atoms with Crippen molar-refractivity contribution in [1.29, 1.82) is 5.41 Å². The Morgan fingerprint density at radius 1 is 1.03 bits per heavy atom. The lowest BCUT2D eigenvalue weighted by Crippen LogP contribution is -2.30. The molecule has 0 bridgehead atoms. The van der Waals surface area contributed by atoms with Crippen molar-refractivity contribution in [3.8, 4) is 5.75 Å². The number of rotatable bonds is 3. The fourth-order valence-corrected chi connectivity index (χ4v) is 3.68. The fourth-order valence-electron chi connectivity index (χ4n) is 3.68. The molecule has 0 fully saturated rings. The van der Waals surface area contributed by atoms with Crippen molar-refractivity contribution in [2.75, 3.05) is 6.54 Å². The van der Waals surface area contributed by atoms with Crippen molar-refractivity contribution in [3.63, 3.8) is 0 Å². The Hall–Kier alpha value is -2.14. The van der Waals surface area contributed by atoms with Gasteiger partial charge in [-0.15, -0.1) is 17.0 Å². The summed E-state index contributed by atoms with van der Waals surface area (Å²) in [4.78, 5) is 15.0. The third-order valence-electron chi connectivity index (χ3n) is 5.33. The van der Waals surface area contributed by atoms with E-state index < -0.39 is 0 Å². The number of amidine groups is 1. The van der Waals surface area contributed by atoms with Crippen molar-refractivity contribution in [3.05, 3.63) is 64.2 Å². The van der Waals surface area contributed by atoms with E-state index in [0.29, 0.717) is 17.9 Å². The summed E-state index contributed by atoms with van der Waals surface area (Å²) in [6, 6.07) is 11.5. The molecule has 2 aromatic carbocycles. The second-order valence-electron chi connectivity index (χ2n) is 9.70. The molecule has 0 atom stereocenters. The zero-order valence-corrected chi connectivity index (χ0v) is 19.8. The maximum absolute atomic E-state index is 13.1. The molecule has 0 aliphatic carbocycles. The van der Waals surface area contributed by atoms with Crippen molar-refractivity contribution in [2.45, 2.75) is 58.9 Å². The van der Waals surface area contributed by atoms with Crippen LogP contribution >= 0.6 is 17.0 Å². The van der Waals surface area contributed by atoms with Crippen LogP contribution in [0.4, 0.5) is 0 Å². The molecular weight excluding hydrogens is 428 g/mol. The molecule has 0 radical (unpaired) electrons. The minimum Gasteiger partial charge on any atom is -0.507 e. The van der Waals surface area contributed by atoms with Crippen LogP contribution in [0.25, 0.3) is 0 Å². The molecular formula is C24H31BrN2O2. The molecule has 0 amide bonds. The Morgan fingerprint density at radius 3 is 2.03 bits per heavy atom. The summed E-state index contributed by atoms with van der Waals surface area (Å²) >= 11 is 0. The van der Waals surface area contributed by atoms with Crippen LogP contribution < -0.4 is 0 Å². The predicted molar refractivity (Wildman–Crippen MR) is 124 cm³/mol. The number of phenolic OH excluding ortho intramolecular Hbond substituents is 1. The summed E-state index contributed by atoms with van der Waals surface area (Å²) < 4.78 is 0. The number of aromatic hydroxyl groups is 1. The number of phenols is 1. The number of fused-ring (bicyclic) bond motifs is 1. The molecule has 5 heteroatoms. The van der Waals surface area contributed by atoms with Crippen molar-refractivity contribution in [2.24, 2.45) is 0 Å². The number of carbonyl (C=O) groups is 1. The molecule has 2 aromatic rings. The van der Waals surface area contributed by atoms with Gasteiger partial charge < -0.3 is 10.0 Å². The molecule has 0 saturated carbocycles. The first-order valence-electron chi connectivity index (χ1n) is 9.72. The van der Waals surface area contributed by atoms with Crippen LogP contribution in [0.2, 0.25) is 0 Å². The van der Waals surface area contributed by atoms with Gasteiger partial charge in [-0.05, 0) is 28.5 Å². The van der Waals surface area contributed by atoms with E-state index in [1.807, 2.05) is 82.8 Å². The lowest BCUT2D eigenvalue weighted by Gasteiger charge is -2.28. The van der Waals surface area contributed by atoms with Crippen LogP contribution in [0, 0.1) is 5.41 Å². The van der Waals surface area contributed by atoms with Gasteiger partial charge in [0.25, 0.3) is 0 Å². The first-order chi connectivity index (χ1) is 12.9. The SMILES string of the molecule is Br.CC(C)(C)c1cc(C(=O)CN2Cc3ccccc3C2=N)cc(C(C)(C)C)c1O.